The zero-order valence-corrected chi connectivity index (χ0v) is 11.8. The summed E-state index contributed by atoms with van der Waals surface area (Å²) in [7, 11) is 0. The molecule has 1 aromatic rings. The van der Waals surface area contributed by atoms with Crippen molar-refractivity contribution in [1.82, 2.24) is 9.80 Å². The highest BCUT2D eigenvalue weighted by Gasteiger charge is 2.35. The summed E-state index contributed by atoms with van der Waals surface area (Å²) in [6.07, 6.45) is 3.75. The first-order valence-corrected chi connectivity index (χ1v) is 7.38. The molecule has 2 aliphatic heterocycles. The SMILES string of the molecule is O=C(Nc1cc(F)cc(F)c1)N1CC(N2CCCCC2)C1. The Hall–Kier alpha value is -1.69. The zero-order valence-electron chi connectivity index (χ0n) is 11.8. The number of carbonyl (C=O) groups excluding carboxylic acids is 1. The topological polar surface area (TPSA) is 35.6 Å². The van der Waals surface area contributed by atoms with E-state index in [4.69, 9.17) is 0 Å². The Kier molecular flexibility index (Phi) is 4.05. The summed E-state index contributed by atoms with van der Waals surface area (Å²) in [6.45, 7) is 3.58. The molecule has 3 rings (SSSR count). The maximum Gasteiger partial charge on any atom is 0.321 e. The van der Waals surface area contributed by atoms with Gasteiger partial charge in [0.05, 0.1) is 0 Å². The standard InChI is InChI=1S/C15H19F2N3O/c16-11-6-12(17)8-13(7-11)18-15(21)20-9-14(10-20)19-4-2-1-3-5-19/h6-8,14H,1-5,9-10H2,(H,18,21). The van der Waals surface area contributed by atoms with Gasteiger partial charge in [0.15, 0.2) is 0 Å². The first-order valence-electron chi connectivity index (χ1n) is 7.38. The van der Waals surface area contributed by atoms with Gasteiger partial charge >= 0.3 is 6.03 Å². The summed E-state index contributed by atoms with van der Waals surface area (Å²) >= 11 is 0. The van der Waals surface area contributed by atoms with Crippen LogP contribution < -0.4 is 5.32 Å². The number of amides is 2. The molecule has 2 fully saturated rings. The molecule has 2 aliphatic rings. The fourth-order valence-corrected chi connectivity index (χ4v) is 2.96. The van der Waals surface area contributed by atoms with Gasteiger partial charge in [-0.2, -0.15) is 0 Å². The van der Waals surface area contributed by atoms with Gasteiger partial charge in [0.1, 0.15) is 11.6 Å². The minimum atomic E-state index is -0.694. The van der Waals surface area contributed by atoms with E-state index in [1.807, 2.05) is 0 Å². The Morgan fingerprint density at radius 2 is 1.67 bits per heavy atom. The quantitative estimate of drug-likeness (QED) is 0.910. The van der Waals surface area contributed by atoms with Crippen LogP contribution in [0.4, 0.5) is 19.3 Å². The average molecular weight is 295 g/mol. The van der Waals surface area contributed by atoms with E-state index < -0.39 is 11.6 Å². The van der Waals surface area contributed by atoms with Gasteiger partial charge in [0.2, 0.25) is 0 Å². The van der Waals surface area contributed by atoms with Crippen LogP contribution in [0.5, 0.6) is 0 Å². The van der Waals surface area contributed by atoms with Crippen molar-refractivity contribution in [2.24, 2.45) is 0 Å². The predicted octanol–water partition coefficient (Wildman–Crippen LogP) is 2.67. The molecule has 1 N–H and O–H groups in total. The van der Waals surface area contributed by atoms with Crippen molar-refractivity contribution in [3.63, 3.8) is 0 Å². The number of carbonyl (C=O) groups is 1. The minimum absolute atomic E-state index is 0.152. The van der Waals surface area contributed by atoms with Gasteiger partial charge in [-0.25, -0.2) is 13.6 Å². The van der Waals surface area contributed by atoms with Crippen LogP contribution in [-0.4, -0.2) is 48.1 Å². The molecule has 0 saturated carbocycles. The molecule has 0 unspecified atom stereocenters. The summed E-state index contributed by atoms with van der Waals surface area (Å²) in [4.78, 5) is 16.1. The van der Waals surface area contributed by atoms with Gasteiger partial charge in [-0.15, -0.1) is 0 Å². The van der Waals surface area contributed by atoms with Crippen molar-refractivity contribution in [2.75, 3.05) is 31.5 Å². The summed E-state index contributed by atoms with van der Waals surface area (Å²) in [5.74, 6) is -1.39. The monoisotopic (exact) mass is 295 g/mol. The number of likely N-dealkylation sites (tertiary alicyclic amines) is 2. The van der Waals surface area contributed by atoms with E-state index >= 15 is 0 Å². The largest absolute Gasteiger partial charge is 0.321 e. The van der Waals surface area contributed by atoms with Gasteiger partial charge in [-0.1, -0.05) is 6.42 Å². The number of piperidine rings is 1. The van der Waals surface area contributed by atoms with Crippen LogP contribution >= 0.6 is 0 Å². The molecule has 114 valence electrons. The lowest BCUT2D eigenvalue weighted by molar-refractivity contribution is 0.0493. The van der Waals surface area contributed by atoms with Crippen LogP contribution in [0.15, 0.2) is 18.2 Å². The summed E-state index contributed by atoms with van der Waals surface area (Å²) < 4.78 is 26.1. The third kappa shape index (κ3) is 3.32. The lowest BCUT2D eigenvalue weighted by Crippen LogP contribution is -2.62. The number of urea groups is 1. The molecular formula is C15H19F2N3O. The van der Waals surface area contributed by atoms with Gasteiger partial charge in [-0.05, 0) is 38.1 Å². The van der Waals surface area contributed by atoms with Gasteiger partial charge < -0.3 is 10.2 Å². The highest BCUT2D eigenvalue weighted by Crippen LogP contribution is 2.21. The number of rotatable bonds is 2. The van der Waals surface area contributed by atoms with E-state index in [1.54, 1.807) is 4.90 Å². The lowest BCUT2D eigenvalue weighted by Gasteiger charge is -2.46. The van der Waals surface area contributed by atoms with Crippen LogP contribution in [0.2, 0.25) is 0 Å². The second-order valence-corrected chi connectivity index (χ2v) is 5.74. The molecule has 0 radical (unpaired) electrons. The highest BCUT2D eigenvalue weighted by molar-refractivity contribution is 5.89. The Labute approximate surface area is 122 Å². The molecule has 0 spiro atoms. The van der Waals surface area contributed by atoms with E-state index in [9.17, 15) is 13.6 Å². The van der Waals surface area contributed by atoms with Gasteiger partial charge in [0.25, 0.3) is 0 Å². The molecule has 2 amide bonds. The molecule has 21 heavy (non-hydrogen) atoms. The lowest BCUT2D eigenvalue weighted by atomic mass is 10.0. The van der Waals surface area contributed by atoms with Gasteiger partial charge in [0, 0.05) is 30.9 Å². The third-order valence-electron chi connectivity index (χ3n) is 4.17. The highest BCUT2D eigenvalue weighted by atomic mass is 19.1. The molecule has 0 bridgehead atoms. The number of hydrogen-bond donors (Lipinski definition) is 1. The number of hydrogen-bond acceptors (Lipinski definition) is 2. The van der Waals surface area contributed by atoms with E-state index in [0.29, 0.717) is 19.1 Å². The summed E-state index contributed by atoms with van der Waals surface area (Å²) in [5.41, 5.74) is 0.152. The van der Waals surface area contributed by atoms with Gasteiger partial charge in [-0.3, -0.25) is 4.90 Å². The number of nitrogens with one attached hydrogen (secondary N) is 1. The van der Waals surface area contributed by atoms with Crippen LogP contribution in [0.1, 0.15) is 19.3 Å². The second kappa shape index (κ2) is 5.97. The third-order valence-corrected chi connectivity index (χ3v) is 4.17. The fourth-order valence-electron chi connectivity index (χ4n) is 2.96. The van der Waals surface area contributed by atoms with Crippen molar-refractivity contribution in [3.05, 3.63) is 29.8 Å². The molecule has 0 atom stereocenters. The normalized spacial score (nSPS) is 20.2. The maximum absolute atomic E-state index is 13.1. The minimum Gasteiger partial charge on any atom is -0.321 e. The number of halogens is 2. The molecule has 0 aliphatic carbocycles. The van der Waals surface area contributed by atoms with Crippen molar-refractivity contribution >= 4 is 11.7 Å². The molecule has 4 nitrogen and oxygen atoms in total. The Balaban J connectivity index is 1.51. The average Bonchev–Trinajstić information content (AvgIpc) is 2.36. The van der Waals surface area contributed by atoms with Crippen molar-refractivity contribution < 1.29 is 13.6 Å². The van der Waals surface area contributed by atoms with Crippen LogP contribution in [-0.2, 0) is 0 Å². The van der Waals surface area contributed by atoms with Crippen LogP contribution in [0, 0.1) is 11.6 Å². The number of benzene rings is 1. The smallest absolute Gasteiger partial charge is 0.321 e. The first kappa shape index (κ1) is 14.3. The molecule has 6 heteroatoms. The molecular weight excluding hydrogens is 276 g/mol. The van der Waals surface area contributed by atoms with Crippen molar-refractivity contribution in [2.45, 2.75) is 25.3 Å². The molecule has 2 saturated heterocycles. The number of anilines is 1. The van der Waals surface area contributed by atoms with E-state index in [1.165, 1.54) is 19.3 Å². The summed E-state index contributed by atoms with van der Waals surface area (Å²) in [6, 6.07) is 3.14. The van der Waals surface area contributed by atoms with E-state index in [0.717, 1.165) is 31.3 Å². The Morgan fingerprint density at radius 1 is 1.05 bits per heavy atom. The van der Waals surface area contributed by atoms with E-state index in [2.05, 4.69) is 10.2 Å². The Morgan fingerprint density at radius 3 is 2.29 bits per heavy atom. The van der Waals surface area contributed by atoms with E-state index in [-0.39, 0.29) is 11.7 Å². The summed E-state index contributed by atoms with van der Waals surface area (Å²) in [5, 5.41) is 2.54. The van der Waals surface area contributed by atoms with Crippen LogP contribution in [0.25, 0.3) is 0 Å². The first-order chi connectivity index (χ1) is 10.1. The zero-order chi connectivity index (χ0) is 14.8. The molecule has 1 aromatic carbocycles. The van der Waals surface area contributed by atoms with Crippen molar-refractivity contribution in [1.29, 1.82) is 0 Å². The molecule has 0 aromatic heterocycles. The maximum atomic E-state index is 13.1. The predicted molar refractivity (Wildman–Crippen MR) is 76.2 cm³/mol. The fraction of sp³-hybridized carbons (Fsp3) is 0.533. The molecule has 2 heterocycles. The van der Waals surface area contributed by atoms with Crippen molar-refractivity contribution in [3.8, 4) is 0 Å². The van der Waals surface area contributed by atoms with Crippen LogP contribution in [0.3, 0.4) is 0 Å². The Bertz CT molecular complexity index is 505. The second-order valence-electron chi connectivity index (χ2n) is 5.74. The number of nitrogens with zero attached hydrogens (tertiary/aromatic N) is 2.